The van der Waals surface area contributed by atoms with Gasteiger partial charge in [0, 0.05) is 0 Å². The molecule has 3 rings (SSSR count). The predicted molar refractivity (Wildman–Crippen MR) is 80.5 cm³/mol. The topological polar surface area (TPSA) is 46.1 Å². The van der Waals surface area contributed by atoms with Crippen molar-refractivity contribution < 1.29 is 30.2 Å². The Balaban J connectivity index is 0. The van der Waals surface area contributed by atoms with Crippen LogP contribution in [0, 0.1) is 0 Å². The monoisotopic (exact) mass is 304 g/mol. The van der Waals surface area contributed by atoms with Crippen LogP contribution in [0.4, 0.5) is 0 Å². The summed E-state index contributed by atoms with van der Waals surface area (Å²) in [6.07, 6.45) is 0. The van der Waals surface area contributed by atoms with Gasteiger partial charge in [-0.25, -0.2) is 12.1 Å². The van der Waals surface area contributed by atoms with Gasteiger partial charge in [-0.2, -0.15) is 49.9 Å². The molecule has 0 unspecified atom stereocenters. The zero-order valence-electron chi connectivity index (χ0n) is 12.0. The summed E-state index contributed by atoms with van der Waals surface area (Å²) in [7, 11) is 1.50. The first-order chi connectivity index (χ1) is 9.97. The number of hydrogen-bond donors (Lipinski definition) is 0. The van der Waals surface area contributed by atoms with Crippen molar-refractivity contribution in [1.82, 2.24) is 0 Å². The van der Waals surface area contributed by atoms with Crippen LogP contribution in [-0.4, -0.2) is 19.0 Å². The summed E-state index contributed by atoms with van der Waals surface area (Å²) in [6.45, 7) is 0. The number of rotatable bonds is 0. The van der Waals surface area contributed by atoms with E-state index in [-0.39, 0.29) is 0 Å². The minimum atomic E-state index is 0.750. The van der Waals surface area contributed by atoms with E-state index in [0.29, 0.717) is 0 Å². The van der Waals surface area contributed by atoms with E-state index in [9.17, 15) is 0 Å². The molecule has 0 atom stereocenters. The van der Waals surface area contributed by atoms with Gasteiger partial charge in [-0.3, -0.25) is 0 Å². The number of benzene rings is 1. The number of hydrogen-bond acceptors (Lipinski definition) is 2. The molecule has 0 aromatic heterocycles. The van der Waals surface area contributed by atoms with Gasteiger partial charge in [0.1, 0.15) is 0 Å². The molecule has 2 nitrogen and oxygen atoms in total. The van der Waals surface area contributed by atoms with E-state index in [1.807, 2.05) is 30.3 Å². The normalized spacial score (nSPS) is 7.50. The predicted octanol–water partition coefficient (Wildman–Crippen LogP) is 1.88. The van der Waals surface area contributed by atoms with Crippen molar-refractivity contribution in [3.63, 3.8) is 0 Å². The van der Waals surface area contributed by atoms with Crippen molar-refractivity contribution in [3.8, 4) is 0 Å². The molecule has 3 aromatic rings. The largest absolute Gasteiger partial charge is 0.214 e. The smallest absolute Gasteiger partial charge is 0.0809 e. The zero-order chi connectivity index (χ0) is 15.6. The van der Waals surface area contributed by atoms with Crippen molar-refractivity contribution >= 4 is 15.6 Å². The molecule has 0 aliphatic heterocycles. The van der Waals surface area contributed by atoms with Gasteiger partial charge >= 0.3 is 24.8 Å². The standard InChI is InChI=1S/C9H7.C5H5.2CH3O.CH2.Ti/c1-2-5-9-7-3-6-8(9)4-1;1-2-4-5-3-1;2*1-2;;/h1-7H;1-5H;2*1H3;1H2;/q4*-1;;+2. The SMILES string of the molecule is C[O-].C[O-].[CH2]=[Ti+2].c1cc[cH-]c1.c1ccc2[cH-]ccc2c1. The van der Waals surface area contributed by atoms with Crippen molar-refractivity contribution in [2.24, 2.45) is 0 Å². The van der Waals surface area contributed by atoms with Crippen molar-refractivity contribution in [2.45, 2.75) is 0 Å². The molecule has 0 saturated heterocycles. The molecule has 0 amide bonds. The Morgan fingerprint density at radius 2 is 1.35 bits per heavy atom. The Hall–Kier alpha value is -1.32. The summed E-state index contributed by atoms with van der Waals surface area (Å²) in [6, 6.07) is 24.7. The Kier molecular flexibility index (Phi) is 18.6. The second-order valence-electron chi connectivity index (χ2n) is 3.12. The van der Waals surface area contributed by atoms with Gasteiger partial charge in [0.15, 0.2) is 0 Å². The van der Waals surface area contributed by atoms with Crippen molar-refractivity contribution in [3.05, 3.63) is 72.8 Å². The van der Waals surface area contributed by atoms with Crippen LogP contribution in [0.2, 0.25) is 0 Å². The average Bonchev–Trinajstić information content (AvgIpc) is 3.27. The third-order valence-electron chi connectivity index (χ3n) is 2.10. The summed E-state index contributed by atoms with van der Waals surface area (Å²) in [5, 5.41) is 19.2. The molecular formula is C17H20O2Ti-2. The van der Waals surface area contributed by atoms with Crippen molar-refractivity contribution in [1.29, 1.82) is 0 Å². The van der Waals surface area contributed by atoms with Crippen LogP contribution in [0.3, 0.4) is 0 Å². The number of fused-ring (bicyclic) bond motifs is 1. The maximum atomic E-state index is 8.25. The van der Waals surface area contributed by atoms with Gasteiger partial charge in [-0.1, -0.05) is 6.07 Å². The van der Waals surface area contributed by atoms with E-state index < -0.39 is 0 Å². The molecule has 0 aliphatic rings. The first-order valence-corrected chi connectivity index (χ1v) is 7.01. The summed E-state index contributed by atoms with van der Waals surface area (Å²) in [4.78, 5) is 3.25. The van der Waals surface area contributed by atoms with Crippen LogP contribution in [0.15, 0.2) is 72.8 Å². The minimum Gasteiger partial charge on any atom is -0.214 e. The Labute approximate surface area is 133 Å². The second-order valence-corrected chi connectivity index (χ2v) is 3.12. The molecule has 0 heterocycles. The molecule has 3 heteroatoms. The van der Waals surface area contributed by atoms with E-state index >= 15 is 0 Å². The third-order valence-corrected chi connectivity index (χ3v) is 2.10. The average molecular weight is 304 g/mol. The van der Waals surface area contributed by atoms with Crippen LogP contribution in [0.5, 0.6) is 0 Å². The third kappa shape index (κ3) is 9.59. The summed E-state index contributed by atoms with van der Waals surface area (Å²) >= 11 is 1.75. The molecule has 0 spiro atoms. The van der Waals surface area contributed by atoms with E-state index in [0.717, 1.165) is 14.2 Å². The van der Waals surface area contributed by atoms with Crippen LogP contribution in [0.1, 0.15) is 0 Å². The van der Waals surface area contributed by atoms with E-state index in [1.54, 1.807) is 20.0 Å². The Morgan fingerprint density at radius 3 is 1.80 bits per heavy atom. The first kappa shape index (κ1) is 21.0. The van der Waals surface area contributed by atoms with Crippen LogP contribution in [-0.2, 0) is 20.0 Å². The summed E-state index contributed by atoms with van der Waals surface area (Å²) < 4.78 is 0. The quantitative estimate of drug-likeness (QED) is 0.470. The molecule has 3 aromatic carbocycles. The molecule has 0 aliphatic carbocycles. The summed E-state index contributed by atoms with van der Waals surface area (Å²) in [5.41, 5.74) is 0. The van der Waals surface area contributed by atoms with Gasteiger partial charge in [0.25, 0.3) is 0 Å². The van der Waals surface area contributed by atoms with Gasteiger partial charge < -0.3 is 10.2 Å². The van der Waals surface area contributed by atoms with E-state index in [4.69, 9.17) is 10.2 Å². The fourth-order valence-corrected chi connectivity index (χ4v) is 1.39. The van der Waals surface area contributed by atoms with Crippen LogP contribution >= 0.6 is 0 Å². The minimum absolute atomic E-state index is 0.750. The Bertz CT molecular complexity index is 439. The molecule has 0 saturated carbocycles. The molecule has 0 bridgehead atoms. The second kappa shape index (κ2) is 17.7. The molecule has 0 radical (unpaired) electrons. The molecule has 20 heavy (non-hydrogen) atoms. The van der Waals surface area contributed by atoms with Gasteiger partial charge in [0.2, 0.25) is 0 Å². The first-order valence-electron chi connectivity index (χ1n) is 5.91. The van der Waals surface area contributed by atoms with Crippen molar-refractivity contribution in [2.75, 3.05) is 14.2 Å². The molecule has 106 valence electrons. The van der Waals surface area contributed by atoms with E-state index in [1.165, 1.54) is 10.8 Å². The molecular weight excluding hydrogens is 284 g/mol. The Morgan fingerprint density at radius 1 is 0.800 bits per heavy atom. The van der Waals surface area contributed by atoms with E-state index in [2.05, 4.69) is 47.3 Å². The van der Waals surface area contributed by atoms with Gasteiger partial charge in [-0.05, 0) is 0 Å². The van der Waals surface area contributed by atoms with Crippen LogP contribution < -0.4 is 10.2 Å². The molecule has 0 fully saturated rings. The fraction of sp³-hybridized carbons (Fsp3) is 0.118. The summed E-state index contributed by atoms with van der Waals surface area (Å²) in [5.74, 6) is 0. The van der Waals surface area contributed by atoms with Gasteiger partial charge in [-0.15, -0.1) is 29.7 Å². The zero-order valence-corrected chi connectivity index (χ0v) is 13.5. The maximum absolute atomic E-state index is 8.25. The van der Waals surface area contributed by atoms with Crippen LogP contribution in [0.25, 0.3) is 10.8 Å². The molecule has 0 N–H and O–H groups in total. The maximum Gasteiger partial charge on any atom is -0.0809 e. The fourth-order valence-electron chi connectivity index (χ4n) is 1.39. The van der Waals surface area contributed by atoms with Gasteiger partial charge in [0.05, 0.1) is 0 Å².